The molecule has 2 saturated carbocycles. The van der Waals surface area contributed by atoms with Crippen molar-refractivity contribution < 1.29 is 9.53 Å². The standard InChI is InChI=1S/C17H24N2O2/c18-15-3-1-2-4-16(15)21-10-9-17(20)19-11-14(12-5-6-12)13-7-8-13/h1-4,12-14H,5-11,18H2,(H,19,20). The number of ether oxygens (including phenoxy) is 1. The van der Waals surface area contributed by atoms with E-state index in [0.717, 1.165) is 24.3 Å². The number of amides is 1. The summed E-state index contributed by atoms with van der Waals surface area (Å²) in [6.07, 6.45) is 5.80. The summed E-state index contributed by atoms with van der Waals surface area (Å²) in [6.45, 7) is 1.22. The second-order valence-electron chi connectivity index (χ2n) is 6.28. The maximum atomic E-state index is 11.9. The second-order valence-corrected chi connectivity index (χ2v) is 6.28. The summed E-state index contributed by atoms with van der Waals surface area (Å²) in [5.41, 5.74) is 6.40. The van der Waals surface area contributed by atoms with Gasteiger partial charge in [-0.05, 0) is 55.6 Å². The third-order valence-electron chi connectivity index (χ3n) is 4.50. The highest BCUT2D eigenvalue weighted by molar-refractivity contribution is 5.76. The van der Waals surface area contributed by atoms with Crippen LogP contribution in [0.5, 0.6) is 5.75 Å². The predicted octanol–water partition coefficient (Wildman–Crippen LogP) is 2.59. The van der Waals surface area contributed by atoms with Crippen LogP contribution in [-0.2, 0) is 4.79 Å². The van der Waals surface area contributed by atoms with Gasteiger partial charge in [-0.3, -0.25) is 4.79 Å². The van der Waals surface area contributed by atoms with Crippen LogP contribution in [0.2, 0.25) is 0 Å². The Morgan fingerprint density at radius 2 is 1.90 bits per heavy atom. The van der Waals surface area contributed by atoms with Crippen molar-refractivity contribution in [2.75, 3.05) is 18.9 Å². The van der Waals surface area contributed by atoms with Crippen LogP contribution in [0.3, 0.4) is 0 Å². The third kappa shape index (κ3) is 4.13. The molecule has 0 spiro atoms. The van der Waals surface area contributed by atoms with E-state index in [4.69, 9.17) is 10.5 Å². The van der Waals surface area contributed by atoms with Gasteiger partial charge in [-0.25, -0.2) is 0 Å². The molecule has 0 radical (unpaired) electrons. The molecule has 0 bridgehead atoms. The highest BCUT2D eigenvalue weighted by Gasteiger charge is 2.41. The lowest BCUT2D eigenvalue weighted by atomic mass is 9.98. The van der Waals surface area contributed by atoms with Gasteiger partial charge >= 0.3 is 0 Å². The monoisotopic (exact) mass is 288 g/mol. The Bertz CT molecular complexity index is 483. The molecule has 0 heterocycles. The van der Waals surface area contributed by atoms with Crippen molar-refractivity contribution in [3.8, 4) is 5.75 Å². The van der Waals surface area contributed by atoms with Crippen molar-refractivity contribution in [1.29, 1.82) is 0 Å². The van der Waals surface area contributed by atoms with Crippen molar-refractivity contribution >= 4 is 11.6 Å². The summed E-state index contributed by atoms with van der Waals surface area (Å²) >= 11 is 0. The van der Waals surface area contributed by atoms with E-state index in [1.54, 1.807) is 6.07 Å². The van der Waals surface area contributed by atoms with Crippen LogP contribution >= 0.6 is 0 Å². The van der Waals surface area contributed by atoms with E-state index < -0.39 is 0 Å². The van der Waals surface area contributed by atoms with Crippen LogP contribution in [0, 0.1) is 17.8 Å². The van der Waals surface area contributed by atoms with E-state index in [1.807, 2.05) is 18.2 Å². The zero-order valence-corrected chi connectivity index (χ0v) is 12.4. The van der Waals surface area contributed by atoms with Gasteiger partial charge in [0.2, 0.25) is 5.91 Å². The Balaban J connectivity index is 1.35. The minimum Gasteiger partial charge on any atom is -0.491 e. The van der Waals surface area contributed by atoms with Crippen LogP contribution in [0.15, 0.2) is 24.3 Å². The van der Waals surface area contributed by atoms with Gasteiger partial charge in [-0.15, -0.1) is 0 Å². The van der Waals surface area contributed by atoms with Gasteiger partial charge in [0.1, 0.15) is 5.75 Å². The molecule has 0 atom stereocenters. The number of para-hydroxylation sites is 2. The number of nitrogens with two attached hydrogens (primary N) is 1. The van der Waals surface area contributed by atoms with Gasteiger partial charge in [-0.2, -0.15) is 0 Å². The SMILES string of the molecule is Nc1ccccc1OCCC(=O)NCC(C1CC1)C1CC1. The minimum atomic E-state index is 0.0794. The lowest BCUT2D eigenvalue weighted by molar-refractivity contribution is -0.121. The number of nitrogen functional groups attached to an aromatic ring is 1. The molecule has 0 aromatic heterocycles. The number of hydrogen-bond donors (Lipinski definition) is 2. The molecule has 1 amide bonds. The summed E-state index contributed by atoms with van der Waals surface area (Å²) in [7, 11) is 0. The zero-order valence-electron chi connectivity index (χ0n) is 12.4. The maximum absolute atomic E-state index is 11.9. The number of carbonyl (C=O) groups is 1. The topological polar surface area (TPSA) is 64.3 Å². The summed E-state index contributed by atoms with van der Waals surface area (Å²) < 4.78 is 5.55. The summed E-state index contributed by atoms with van der Waals surface area (Å²) in [5, 5.41) is 3.08. The van der Waals surface area contributed by atoms with E-state index >= 15 is 0 Å². The van der Waals surface area contributed by atoms with Crippen LogP contribution in [0.25, 0.3) is 0 Å². The molecule has 3 rings (SSSR count). The lowest BCUT2D eigenvalue weighted by Gasteiger charge is -2.16. The average Bonchev–Trinajstić information content (AvgIpc) is 3.35. The molecule has 2 fully saturated rings. The molecule has 1 aromatic rings. The first-order valence-electron chi connectivity index (χ1n) is 7.98. The number of nitrogens with one attached hydrogen (secondary N) is 1. The first kappa shape index (κ1) is 14.2. The molecular weight excluding hydrogens is 264 g/mol. The molecule has 0 unspecified atom stereocenters. The van der Waals surface area contributed by atoms with Crippen LogP contribution in [-0.4, -0.2) is 19.1 Å². The Morgan fingerprint density at radius 1 is 1.24 bits per heavy atom. The van der Waals surface area contributed by atoms with Crippen molar-refractivity contribution in [3.05, 3.63) is 24.3 Å². The fourth-order valence-electron chi connectivity index (χ4n) is 2.95. The van der Waals surface area contributed by atoms with E-state index in [1.165, 1.54) is 25.7 Å². The van der Waals surface area contributed by atoms with E-state index in [0.29, 0.717) is 24.5 Å². The molecule has 4 heteroatoms. The number of carbonyl (C=O) groups excluding carboxylic acids is 1. The zero-order chi connectivity index (χ0) is 14.7. The smallest absolute Gasteiger partial charge is 0.223 e. The largest absolute Gasteiger partial charge is 0.491 e. The molecule has 21 heavy (non-hydrogen) atoms. The maximum Gasteiger partial charge on any atom is 0.223 e. The molecule has 0 aliphatic heterocycles. The fourth-order valence-corrected chi connectivity index (χ4v) is 2.95. The number of rotatable bonds is 8. The first-order valence-corrected chi connectivity index (χ1v) is 7.98. The second kappa shape index (κ2) is 6.37. The summed E-state index contributed by atoms with van der Waals surface area (Å²) in [4.78, 5) is 11.9. The van der Waals surface area contributed by atoms with E-state index in [-0.39, 0.29) is 5.91 Å². The summed E-state index contributed by atoms with van der Waals surface area (Å²) in [5.74, 6) is 3.20. The number of hydrogen-bond acceptors (Lipinski definition) is 3. The predicted molar refractivity (Wildman–Crippen MR) is 82.9 cm³/mol. The van der Waals surface area contributed by atoms with Crippen LogP contribution in [0.4, 0.5) is 5.69 Å². The molecule has 114 valence electrons. The number of anilines is 1. The van der Waals surface area contributed by atoms with Crippen molar-refractivity contribution in [1.82, 2.24) is 5.32 Å². The normalized spacial score (nSPS) is 17.8. The van der Waals surface area contributed by atoms with Gasteiger partial charge in [-0.1, -0.05) is 12.1 Å². The highest BCUT2D eigenvalue weighted by Crippen LogP contribution is 2.48. The molecule has 4 nitrogen and oxygen atoms in total. The first-order chi connectivity index (χ1) is 10.2. The molecule has 0 saturated heterocycles. The fraction of sp³-hybridized carbons (Fsp3) is 0.588. The Labute approximate surface area is 126 Å². The van der Waals surface area contributed by atoms with E-state index in [2.05, 4.69) is 5.32 Å². The minimum absolute atomic E-state index is 0.0794. The highest BCUT2D eigenvalue weighted by atomic mass is 16.5. The van der Waals surface area contributed by atoms with Crippen molar-refractivity contribution in [3.63, 3.8) is 0 Å². The van der Waals surface area contributed by atoms with Crippen molar-refractivity contribution in [2.24, 2.45) is 17.8 Å². The molecule has 2 aliphatic carbocycles. The molecule has 2 aliphatic rings. The number of benzene rings is 1. The Hall–Kier alpha value is -1.71. The third-order valence-corrected chi connectivity index (χ3v) is 4.50. The Kier molecular flexibility index (Phi) is 4.32. The van der Waals surface area contributed by atoms with Crippen LogP contribution < -0.4 is 15.8 Å². The van der Waals surface area contributed by atoms with E-state index in [9.17, 15) is 4.79 Å². The molecule has 1 aromatic carbocycles. The lowest BCUT2D eigenvalue weighted by Crippen LogP contribution is -2.31. The van der Waals surface area contributed by atoms with Gasteiger partial charge in [0.15, 0.2) is 0 Å². The molecular formula is C17H24N2O2. The van der Waals surface area contributed by atoms with Gasteiger partial charge < -0.3 is 15.8 Å². The quantitative estimate of drug-likeness (QED) is 0.723. The van der Waals surface area contributed by atoms with Crippen molar-refractivity contribution in [2.45, 2.75) is 32.1 Å². The molecule has 3 N–H and O–H groups in total. The summed E-state index contributed by atoms with van der Waals surface area (Å²) in [6, 6.07) is 7.36. The Morgan fingerprint density at radius 3 is 2.52 bits per heavy atom. The van der Waals surface area contributed by atoms with Gasteiger partial charge in [0, 0.05) is 6.54 Å². The van der Waals surface area contributed by atoms with Gasteiger partial charge in [0.25, 0.3) is 0 Å². The van der Waals surface area contributed by atoms with Gasteiger partial charge in [0.05, 0.1) is 18.7 Å². The van der Waals surface area contributed by atoms with Crippen LogP contribution in [0.1, 0.15) is 32.1 Å². The average molecular weight is 288 g/mol.